The minimum atomic E-state index is -0.194. The number of pyridine rings is 1. The molecule has 2 N–H and O–H groups in total. The van der Waals surface area contributed by atoms with Crippen molar-refractivity contribution in [3.8, 4) is 5.69 Å². The number of carbonyl (C=O) groups is 1. The molecule has 0 unspecified atom stereocenters. The van der Waals surface area contributed by atoms with Crippen LogP contribution in [0.1, 0.15) is 16.1 Å². The van der Waals surface area contributed by atoms with Crippen LogP contribution in [0.15, 0.2) is 61.1 Å². The third-order valence-corrected chi connectivity index (χ3v) is 3.50. The molecule has 0 aliphatic carbocycles. The first kappa shape index (κ1) is 14.2. The minimum Gasteiger partial charge on any atom is -0.347 e. The maximum Gasteiger partial charge on any atom is 0.270 e. The van der Waals surface area contributed by atoms with E-state index in [2.05, 4.69) is 15.3 Å². The Balaban J connectivity index is 1.83. The second-order valence-electron chi connectivity index (χ2n) is 4.69. The van der Waals surface area contributed by atoms with Crippen LogP contribution in [0.25, 0.3) is 5.69 Å². The molecule has 22 heavy (non-hydrogen) atoms. The Hall–Kier alpha value is -2.73. The average Bonchev–Trinajstić information content (AvgIpc) is 2.96. The van der Waals surface area contributed by atoms with Gasteiger partial charge in [-0.2, -0.15) is 0 Å². The number of H-pyrrole nitrogens is 1. The van der Waals surface area contributed by atoms with Gasteiger partial charge in [-0.05, 0) is 36.0 Å². The second-order valence-corrected chi connectivity index (χ2v) is 5.08. The van der Waals surface area contributed by atoms with E-state index in [4.69, 9.17) is 12.2 Å². The average molecular weight is 310 g/mol. The van der Waals surface area contributed by atoms with Gasteiger partial charge in [0.1, 0.15) is 5.69 Å². The Kier molecular flexibility index (Phi) is 4.11. The van der Waals surface area contributed by atoms with Crippen LogP contribution in [0, 0.1) is 4.77 Å². The van der Waals surface area contributed by atoms with Gasteiger partial charge in [-0.15, -0.1) is 0 Å². The van der Waals surface area contributed by atoms with Crippen LogP contribution in [-0.4, -0.2) is 20.4 Å². The van der Waals surface area contributed by atoms with Gasteiger partial charge in [-0.25, -0.2) is 0 Å². The van der Waals surface area contributed by atoms with Gasteiger partial charge in [0.05, 0.1) is 0 Å². The van der Waals surface area contributed by atoms with Crippen molar-refractivity contribution in [2.75, 3.05) is 0 Å². The highest BCUT2D eigenvalue weighted by molar-refractivity contribution is 7.71. The predicted octanol–water partition coefficient (Wildman–Crippen LogP) is 2.86. The summed E-state index contributed by atoms with van der Waals surface area (Å²) in [7, 11) is 0. The topological polar surface area (TPSA) is 62.7 Å². The van der Waals surface area contributed by atoms with Crippen molar-refractivity contribution in [1.29, 1.82) is 0 Å². The Morgan fingerprint density at radius 2 is 2.05 bits per heavy atom. The number of aromatic nitrogens is 3. The lowest BCUT2D eigenvalue weighted by molar-refractivity contribution is 0.0944. The smallest absolute Gasteiger partial charge is 0.270 e. The summed E-state index contributed by atoms with van der Waals surface area (Å²) in [5.74, 6) is -0.194. The molecule has 110 valence electrons. The predicted molar refractivity (Wildman–Crippen MR) is 86.4 cm³/mol. The highest BCUT2D eigenvalue weighted by atomic mass is 32.1. The van der Waals surface area contributed by atoms with Crippen molar-refractivity contribution in [3.05, 3.63) is 77.1 Å². The summed E-state index contributed by atoms with van der Waals surface area (Å²) < 4.78 is 2.20. The Morgan fingerprint density at radius 3 is 2.77 bits per heavy atom. The largest absolute Gasteiger partial charge is 0.347 e. The summed E-state index contributed by atoms with van der Waals surface area (Å²) in [5, 5.41) is 2.87. The molecule has 6 heteroatoms. The quantitative estimate of drug-likeness (QED) is 0.728. The molecule has 5 nitrogen and oxygen atoms in total. The number of hydrogen-bond donors (Lipinski definition) is 2. The molecule has 1 amide bonds. The zero-order chi connectivity index (χ0) is 15.4. The maximum atomic E-state index is 12.4. The minimum absolute atomic E-state index is 0.194. The first-order valence-electron chi connectivity index (χ1n) is 6.78. The van der Waals surface area contributed by atoms with E-state index in [-0.39, 0.29) is 5.91 Å². The van der Waals surface area contributed by atoms with Gasteiger partial charge >= 0.3 is 0 Å². The fourth-order valence-corrected chi connectivity index (χ4v) is 2.41. The number of carbonyl (C=O) groups excluding carboxylic acids is 1. The molecule has 0 bridgehead atoms. The van der Waals surface area contributed by atoms with E-state index in [0.29, 0.717) is 17.0 Å². The van der Waals surface area contributed by atoms with E-state index in [0.717, 1.165) is 11.3 Å². The van der Waals surface area contributed by atoms with Crippen molar-refractivity contribution in [1.82, 2.24) is 19.9 Å². The van der Waals surface area contributed by atoms with E-state index >= 15 is 0 Å². The zero-order valence-corrected chi connectivity index (χ0v) is 12.5. The lowest BCUT2D eigenvalue weighted by Gasteiger charge is -2.09. The number of hydrogen-bond acceptors (Lipinski definition) is 3. The molecule has 0 radical (unpaired) electrons. The van der Waals surface area contributed by atoms with E-state index in [1.165, 1.54) is 0 Å². The number of imidazole rings is 1. The number of para-hydroxylation sites is 1. The summed E-state index contributed by atoms with van der Waals surface area (Å²) in [6.45, 7) is 0.416. The summed E-state index contributed by atoms with van der Waals surface area (Å²) >= 11 is 5.27. The highest BCUT2D eigenvalue weighted by Gasteiger charge is 2.13. The summed E-state index contributed by atoms with van der Waals surface area (Å²) in [5.41, 5.74) is 2.26. The Morgan fingerprint density at radius 1 is 1.23 bits per heavy atom. The molecule has 3 aromatic rings. The summed E-state index contributed by atoms with van der Waals surface area (Å²) in [6.07, 6.45) is 5.04. The van der Waals surface area contributed by atoms with Gasteiger partial charge in [0, 0.05) is 30.8 Å². The molecular formula is C16H14N4OS. The fourth-order valence-electron chi connectivity index (χ4n) is 2.14. The molecule has 2 heterocycles. The number of nitrogens with one attached hydrogen (secondary N) is 2. The molecule has 3 rings (SSSR count). The van der Waals surface area contributed by atoms with E-state index in [1.807, 2.05) is 42.5 Å². The van der Waals surface area contributed by atoms with E-state index in [9.17, 15) is 4.79 Å². The van der Waals surface area contributed by atoms with Gasteiger partial charge in [-0.1, -0.05) is 24.3 Å². The molecule has 0 atom stereocenters. The molecule has 0 spiro atoms. The van der Waals surface area contributed by atoms with E-state index < -0.39 is 0 Å². The summed E-state index contributed by atoms with van der Waals surface area (Å²) in [4.78, 5) is 19.4. The van der Waals surface area contributed by atoms with Gasteiger partial charge in [0.25, 0.3) is 5.91 Å². The Labute approximate surface area is 132 Å². The monoisotopic (exact) mass is 310 g/mol. The van der Waals surface area contributed by atoms with Crippen molar-refractivity contribution in [2.45, 2.75) is 6.54 Å². The second kappa shape index (κ2) is 6.36. The van der Waals surface area contributed by atoms with Crippen LogP contribution >= 0.6 is 12.2 Å². The van der Waals surface area contributed by atoms with Crippen LogP contribution in [0.5, 0.6) is 0 Å². The van der Waals surface area contributed by atoms with Crippen LogP contribution < -0.4 is 5.32 Å². The number of benzene rings is 1. The first-order chi connectivity index (χ1) is 10.8. The third-order valence-electron chi connectivity index (χ3n) is 3.20. The van der Waals surface area contributed by atoms with Crippen LogP contribution in [0.2, 0.25) is 0 Å². The molecule has 0 saturated heterocycles. The lowest BCUT2D eigenvalue weighted by Crippen LogP contribution is -2.25. The molecule has 0 saturated carbocycles. The molecule has 2 aromatic heterocycles. The van der Waals surface area contributed by atoms with Crippen LogP contribution in [0.3, 0.4) is 0 Å². The maximum absolute atomic E-state index is 12.4. The third kappa shape index (κ3) is 2.96. The van der Waals surface area contributed by atoms with E-state index in [1.54, 1.807) is 23.2 Å². The van der Waals surface area contributed by atoms with Crippen molar-refractivity contribution in [2.24, 2.45) is 0 Å². The molecule has 0 aliphatic rings. The van der Waals surface area contributed by atoms with Crippen LogP contribution in [-0.2, 0) is 6.54 Å². The SMILES string of the molecule is O=C(NCc1cccnc1)c1c[nH]c(=S)n1-c1ccccc1. The van der Waals surface area contributed by atoms with Crippen molar-refractivity contribution in [3.63, 3.8) is 0 Å². The number of nitrogens with zero attached hydrogens (tertiary/aromatic N) is 2. The summed E-state index contributed by atoms with van der Waals surface area (Å²) in [6, 6.07) is 13.3. The molecule has 1 aromatic carbocycles. The number of aromatic amines is 1. The molecule has 0 aliphatic heterocycles. The standard InChI is InChI=1S/C16H14N4OS/c21-15(18-10-12-5-4-8-17-9-12)14-11-19-16(22)20(14)13-6-2-1-3-7-13/h1-9,11H,10H2,(H,18,21)(H,19,22). The molecular weight excluding hydrogens is 296 g/mol. The van der Waals surface area contributed by atoms with Crippen molar-refractivity contribution < 1.29 is 4.79 Å². The number of rotatable bonds is 4. The fraction of sp³-hybridized carbons (Fsp3) is 0.0625. The zero-order valence-electron chi connectivity index (χ0n) is 11.7. The molecule has 0 fully saturated rings. The van der Waals surface area contributed by atoms with Crippen molar-refractivity contribution >= 4 is 18.1 Å². The van der Waals surface area contributed by atoms with Gasteiger partial charge in [-0.3, -0.25) is 14.3 Å². The van der Waals surface area contributed by atoms with Gasteiger partial charge < -0.3 is 10.3 Å². The normalized spacial score (nSPS) is 10.4. The van der Waals surface area contributed by atoms with Gasteiger partial charge in [0.2, 0.25) is 0 Å². The Bertz CT molecular complexity index is 824. The number of amides is 1. The first-order valence-corrected chi connectivity index (χ1v) is 7.19. The van der Waals surface area contributed by atoms with Crippen LogP contribution in [0.4, 0.5) is 0 Å². The lowest BCUT2D eigenvalue weighted by atomic mass is 10.2. The van der Waals surface area contributed by atoms with Gasteiger partial charge in [0.15, 0.2) is 4.77 Å². The highest BCUT2D eigenvalue weighted by Crippen LogP contribution is 2.12.